The molecule has 4 rings (SSSR count). The van der Waals surface area contributed by atoms with E-state index in [1.165, 1.54) is 5.56 Å². The number of aliphatic hydroxyl groups excluding tert-OH is 1. The minimum absolute atomic E-state index is 0.0780. The lowest BCUT2D eigenvalue weighted by Gasteiger charge is -2.30. The Morgan fingerprint density at radius 1 is 1.00 bits per heavy atom. The standard InChI is InChI=1S/C18H12Br2O.C2H4O2/c19-15-9-14-10-5-1-4-8-13(10)17(20)18(21)16(14)12-7-3-2-6-11(12)15;1-2(3)4/h1-9,17-18,21H;1H3,(H,3,4)/t17-,18-;/m1./s1. The Morgan fingerprint density at radius 3 is 2.24 bits per heavy atom. The van der Waals surface area contributed by atoms with Crippen LogP contribution in [-0.2, 0) is 4.79 Å². The highest BCUT2D eigenvalue weighted by molar-refractivity contribution is 9.10. The van der Waals surface area contributed by atoms with E-state index < -0.39 is 12.1 Å². The van der Waals surface area contributed by atoms with Crippen LogP contribution < -0.4 is 0 Å². The normalized spacial score (nSPS) is 17.9. The number of fused-ring (bicyclic) bond motifs is 5. The van der Waals surface area contributed by atoms with E-state index in [4.69, 9.17) is 9.90 Å². The zero-order valence-electron chi connectivity index (χ0n) is 13.4. The Hall–Kier alpha value is -1.69. The van der Waals surface area contributed by atoms with E-state index in [1.807, 2.05) is 24.3 Å². The number of aliphatic carboxylic acids is 1. The van der Waals surface area contributed by atoms with E-state index in [1.54, 1.807) is 0 Å². The number of hydrogen-bond acceptors (Lipinski definition) is 2. The number of aliphatic hydroxyl groups is 1. The molecule has 0 aromatic heterocycles. The minimum Gasteiger partial charge on any atom is -0.481 e. The summed E-state index contributed by atoms with van der Waals surface area (Å²) in [7, 11) is 0. The molecule has 3 nitrogen and oxygen atoms in total. The summed E-state index contributed by atoms with van der Waals surface area (Å²) in [6.45, 7) is 1.08. The van der Waals surface area contributed by atoms with Gasteiger partial charge in [0, 0.05) is 11.4 Å². The topological polar surface area (TPSA) is 57.5 Å². The molecule has 0 fully saturated rings. The minimum atomic E-state index is -0.833. The number of carboxylic acid groups (broad SMARTS) is 1. The van der Waals surface area contributed by atoms with E-state index in [2.05, 4.69) is 62.2 Å². The number of rotatable bonds is 0. The van der Waals surface area contributed by atoms with E-state index in [-0.39, 0.29) is 4.83 Å². The van der Waals surface area contributed by atoms with Crippen LogP contribution in [0.25, 0.3) is 21.9 Å². The van der Waals surface area contributed by atoms with Crippen molar-refractivity contribution in [2.24, 2.45) is 0 Å². The van der Waals surface area contributed by atoms with Crippen LogP contribution in [0, 0.1) is 0 Å². The molecule has 0 heterocycles. The molecule has 0 bridgehead atoms. The van der Waals surface area contributed by atoms with Crippen LogP contribution in [0.15, 0.2) is 59.1 Å². The van der Waals surface area contributed by atoms with Gasteiger partial charge in [0.15, 0.2) is 0 Å². The van der Waals surface area contributed by atoms with Gasteiger partial charge in [-0.05, 0) is 39.1 Å². The fraction of sp³-hybridized carbons (Fsp3) is 0.150. The number of alkyl halides is 1. The van der Waals surface area contributed by atoms with Gasteiger partial charge in [-0.3, -0.25) is 4.79 Å². The lowest BCUT2D eigenvalue weighted by molar-refractivity contribution is -0.134. The number of benzene rings is 3. The molecule has 0 aliphatic heterocycles. The number of halogens is 2. The molecule has 0 unspecified atom stereocenters. The molecule has 1 aliphatic carbocycles. The fourth-order valence-electron chi connectivity index (χ4n) is 3.19. The molecule has 0 spiro atoms. The molecule has 25 heavy (non-hydrogen) atoms. The number of carboxylic acids is 1. The maximum absolute atomic E-state index is 10.8. The van der Waals surface area contributed by atoms with Crippen molar-refractivity contribution in [3.05, 3.63) is 70.2 Å². The van der Waals surface area contributed by atoms with Gasteiger partial charge < -0.3 is 10.2 Å². The first kappa shape index (κ1) is 18.1. The third-order valence-electron chi connectivity index (χ3n) is 4.16. The van der Waals surface area contributed by atoms with Crippen LogP contribution >= 0.6 is 31.9 Å². The number of carbonyl (C=O) groups is 1. The third kappa shape index (κ3) is 3.36. The molecular weight excluding hydrogens is 448 g/mol. The first-order valence-electron chi connectivity index (χ1n) is 7.74. The second-order valence-electron chi connectivity index (χ2n) is 5.82. The summed E-state index contributed by atoms with van der Waals surface area (Å²) in [6.07, 6.45) is -0.548. The van der Waals surface area contributed by atoms with Gasteiger partial charge in [-0.15, -0.1) is 0 Å². The van der Waals surface area contributed by atoms with Crippen molar-refractivity contribution >= 4 is 48.6 Å². The second kappa shape index (κ2) is 7.28. The van der Waals surface area contributed by atoms with Gasteiger partial charge >= 0.3 is 0 Å². The molecule has 0 amide bonds. The van der Waals surface area contributed by atoms with Gasteiger partial charge in [0.2, 0.25) is 0 Å². The highest BCUT2D eigenvalue weighted by Gasteiger charge is 2.32. The molecule has 128 valence electrons. The molecule has 0 saturated carbocycles. The third-order valence-corrected chi connectivity index (χ3v) is 5.81. The van der Waals surface area contributed by atoms with Crippen LogP contribution in [0.1, 0.15) is 29.0 Å². The molecule has 0 saturated heterocycles. The van der Waals surface area contributed by atoms with Crippen LogP contribution in [0.4, 0.5) is 0 Å². The quantitative estimate of drug-likeness (QED) is 0.411. The Balaban J connectivity index is 0.000000415. The van der Waals surface area contributed by atoms with Crippen molar-refractivity contribution < 1.29 is 15.0 Å². The Morgan fingerprint density at radius 2 is 1.56 bits per heavy atom. The predicted octanol–water partition coefficient (Wildman–Crippen LogP) is 5.84. The maximum atomic E-state index is 10.8. The molecular formula is C20H16Br2O3. The lowest BCUT2D eigenvalue weighted by atomic mass is 9.81. The van der Waals surface area contributed by atoms with Gasteiger partial charge in [0.25, 0.3) is 5.97 Å². The highest BCUT2D eigenvalue weighted by Crippen LogP contribution is 2.51. The van der Waals surface area contributed by atoms with E-state index >= 15 is 0 Å². The number of hydrogen-bond donors (Lipinski definition) is 2. The Kier molecular flexibility index (Phi) is 5.27. The van der Waals surface area contributed by atoms with Gasteiger partial charge in [0.1, 0.15) is 0 Å². The molecule has 5 heteroatoms. The lowest BCUT2D eigenvalue weighted by Crippen LogP contribution is -2.14. The Bertz CT molecular complexity index is 949. The monoisotopic (exact) mass is 462 g/mol. The molecule has 3 aromatic carbocycles. The zero-order chi connectivity index (χ0) is 18.1. The molecule has 2 atom stereocenters. The SMILES string of the molecule is CC(=O)O.O[C@@H]1c2c(cc(Br)c3ccccc23)-c2ccccc2[C@H]1Br. The van der Waals surface area contributed by atoms with Crippen molar-refractivity contribution in [2.45, 2.75) is 17.9 Å². The van der Waals surface area contributed by atoms with Crippen molar-refractivity contribution in [3.63, 3.8) is 0 Å². The van der Waals surface area contributed by atoms with E-state index in [0.29, 0.717) is 0 Å². The smallest absolute Gasteiger partial charge is 0.300 e. The summed E-state index contributed by atoms with van der Waals surface area (Å²) in [5.41, 5.74) is 4.44. The summed E-state index contributed by atoms with van der Waals surface area (Å²) in [6, 6.07) is 18.6. The zero-order valence-corrected chi connectivity index (χ0v) is 16.6. The summed E-state index contributed by atoms with van der Waals surface area (Å²) in [5, 5.41) is 20.5. The Labute approximate surface area is 162 Å². The molecule has 3 aromatic rings. The predicted molar refractivity (Wildman–Crippen MR) is 107 cm³/mol. The van der Waals surface area contributed by atoms with Crippen molar-refractivity contribution in [3.8, 4) is 11.1 Å². The highest BCUT2D eigenvalue weighted by atomic mass is 79.9. The molecule has 0 radical (unpaired) electrons. The average molecular weight is 464 g/mol. The largest absolute Gasteiger partial charge is 0.481 e. The van der Waals surface area contributed by atoms with Crippen molar-refractivity contribution in [1.29, 1.82) is 0 Å². The van der Waals surface area contributed by atoms with Gasteiger partial charge in [-0.25, -0.2) is 0 Å². The average Bonchev–Trinajstić information content (AvgIpc) is 2.59. The molecule has 2 N–H and O–H groups in total. The molecule has 1 aliphatic rings. The van der Waals surface area contributed by atoms with Crippen LogP contribution in [0.2, 0.25) is 0 Å². The van der Waals surface area contributed by atoms with Gasteiger partial charge in [-0.2, -0.15) is 0 Å². The summed E-state index contributed by atoms with van der Waals surface area (Å²) in [5.74, 6) is -0.833. The van der Waals surface area contributed by atoms with Crippen LogP contribution in [0.3, 0.4) is 0 Å². The van der Waals surface area contributed by atoms with Crippen molar-refractivity contribution in [1.82, 2.24) is 0 Å². The summed E-state index contributed by atoms with van der Waals surface area (Å²) < 4.78 is 1.06. The summed E-state index contributed by atoms with van der Waals surface area (Å²) >= 11 is 7.33. The van der Waals surface area contributed by atoms with Crippen LogP contribution in [0.5, 0.6) is 0 Å². The van der Waals surface area contributed by atoms with Crippen LogP contribution in [-0.4, -0.2) is 16.2 Å². The van der Waals surface area contributed by atoms with Gasteiger partial charge in [-0.1, -0.05) is 80.4 Å². The summed E-state index contributed by atoms with van der Waals surface area (Å²) in [4.78, 5) is 8.92. The fourth-order valence-corrected chi connectivity index (χ4v) is 4.43. The van der Waals surface area contributed by atoms with E-state index in [9.17, 15) is 5.11 Å². The van der Waals surface area contributed by atoms with Gasteiger partial charge in [0.05, 0.1) is 10.9 Å². The maximum Gasteiger partial charge on any atom is 0.300 e. The van der Waals surface area contributed by atoms with E-state index in [0.717, 1.165) is 38.9 Å². The van der Waals surface area contributed by atoms with Crippen molar-refractivity contribution in [2.75, 3.05) is 0 Å². The first-order valence-corrected chi connectivity index (χ1v) is 9.44. The first-order chi connectivity index (χ1) is 11.9. The second-order valence-corrected chi connectivity index (χ2v) is 7.66.